The van der Waals surface area contributed by atoms with E-state index >= 15 is 0 Å². The number of carboxylic acid groups (broad SMARTS) is 1. The summed E-state index contributed by atoms with van der Waals surface area (Å²) in [6.07, 6.45) is 0.896. The summed E-state index contributed by atoms with van der Waals surface area (Å²) in [6, 6.07) is 7.83. The van der Waals surface area contributed by atoms with Gasteiger partial charge in [0, 0.05) is 0 Å². The second-order valence-corrected chi connectivity index (χ2v) is 3.70. The molecular weight excluding hydrogens is 164 g/mol. The van der Waals surface area contributed by atoms with E-state index in [4.69, 9.17) is 5.11 Å². The van der Waals surface area contributed by atoms with E-state index in [0.29, 0.717) is 0 Å². The third-order valence-corrected chi connectivity index (χ3v) is 2.77. The molecule has 2 rings (SSSR count). The Morgan fingerprint density at radius 1 is 1.46 bits per heavy atom. The van der Waals surface area contributed by atoms with Crippen LogP contribution < -0.4 is 0 Å². The van der Waals surface area contributed by atoms with Crippen molar-refractivity contribution in [1.29, 1.82) is 0 Å². The fourth-order valence-corrected chi connectivity index (χ4v) is 2.17. The predicted octanol–water partition coefficient (Wildman–Crippen LogP) is 2.05. The van der Waals surface area contributed by atoms with E-state index in [1.807, 2.05) is 31.2 Å². The highest BCUT2D eigenvalue weighted by Crippen LogP contribution is 2.37. The van der Waals surface area contributed by atoms with Crippen LogP contribution in [0.15, 0.2) is 24.3 Å². The first kappa shape index (κ1) is 8.30. The van der Waals surface area contributed by atoms with Gasteiger partial charge in [0.05, 0.1) is 5.92 Å². The molecule has 0 saturated carbocycles. The summed E-state index contributed by atoms with van der Waals surface area (Å²) >= 11 is 0. The maximum absolute atomic E-state index is 11.0. The molecule has 2 nitrogen and oxygen atoms in total. The van der Waals surface area contributed by atoms with Gasteiger partial charge in [0.2, 0.25) is 0 Å². The van der Waals surface area contributed by atoms with Crippen LogP contribution in [0, 0.1) is 5.92 Å². The lowest BCUT2D eigenvalue weighted by Crippen LogP contribution is -2.14. The topological polar surface area (TPSA) is 37.3 Å². The monoisotopic (exact) mass is 176 g/mol. The smallest absolute Gasteiger partial charge is 0.311 e. The van der Waals surface area contributed by atoms with Gasteiger partial charge in [-0.15, -0.1) is 0 Å². The Hall–Kier alpha value is -1.31. The molecule has 0 aliphatic heterocycles. The van der Waals surface area contributed by atoms with Crippen molar-refractivity contribution in [3.05, 3.63) is 35.4 Å². The highest BCUT2D eigenvalue weighted by atomic mass is 16.4. The number of hydrogen-bond acceptors (Lipinski definition) is 1. The second kappa shape index (κ2) is 2.87. The normalized spacial score (nSPS) is 25.6. The van der Waals surface area contributed by atoms with E-state index in [1.165, 1.54) is 5.56 Å². The number of carbonyl (C=O) groups is 1. The molecule has 1 aliphatic carbocycles. The third-order valence-electron chi connectivity index (χ3n) is 2.77. The zero-order valence-corrected chi connectivity index (χ0v) is 7.53. The molecule has 13 heavy (non-hydrogen) atoms. The van der Waals surface area contributed by atoms with Crippen molar-refractivity contribution in [2.75, 3.05) is 0 Å². The van der Waals surface area contributed by atoms with Crippen molar-refractivity contribution in [3.8, 4) is 0 Å². The van der Waals surface area contributed by atoms with Crippen LogP contribution in [0.2, 0.25) is 0 Å². The van der Waals surface area contributed by atoms with Gasteiger partial charge in [-0.2, -0.15) is 0 Å². The zero-order chi connectivity index (χ0) is 9.42. The van der Waals surface area contributed by atoms with Crippen LogP contribution in [0.25, 0.3) is 0 Å². The Bertz CT molecular complexity index is 344. The molecule has 2 heteroatoms. The van der Waals surface area contributed by atoms with Gasteiger partial charge < -0.3 is 5.11 Å². The molecule has 0 heterocycles. The number of rotatable bonds is 1. The summed E-state index contributed by atoms with van der Waals surface area (Å²) in [7, 11) is 0. The van der Waals surface area contributed by atoms with Crippen LogP contribution in [0.1, 0.15) is 24.0 Å². The predicted molar refractivity (Wildman–Crippen MR) is 49.7 cm³/mol. The minimum absolute atomic E-state index is 0.231. The molecule has 0 bridgehead atoms. The lowest BCUT2D eigenvalue weighted by Gasteiger charge is -2.10. The maximum atomic E-state index is 11.0. The molecule has 0 spiro atoms. The van der Waals surface area contributed by atoms with Gasteiger partial charge in [-0.05, 0) is 23.5 Å². The minimum atomic E-state index is -0.697. The van der Waals surface area contributed by atoms with Gasteiger partial charge in [-0.25, -0.2) is 0 Å². The Kier molecular flexibility index (Phi) is 1.83. The first-order valence-electron chi connectivity index (χ1n) is 4.50. The number of carboxylic acids is 1. The molecule has 0 saturated heterocycles. The van der Waals surface area contributed by atoms with Crippen LogP contribution in [-0.2, 0) is 11.2 Å². The average molecular weight is 176 g/mol. The van der Waals surface area contributed by atoms with Crippen molar-refractivity contribution in [1.82, 2.24) is 0 Å². The molecule has 0 fully saturated rings. The second-order valence-electron chi connectivity index (χ2n) is 3.70. The molecule has 0 aromatic heterocycles. The molecule has 2 atom stereocenters. The van der Waals surface area contributed by atoms with Crippen LogP contribution >= 0.6 is 0 Å². The lowest BCUT2D eigenvalue weighted by molar-refractivity contribution is -0.139. The Balaban J connectivity index is 2.46. The van der Waals surface area contributed by atoms with Gasteiger partial charge >= 0.3 is 5.97 Å². The van der Waals surface area contributed by atoms with Crippen molar-refractivity contribution in [3.63, 3.8) is 0 Å². The zero-order valence-electron chi connectivity index (χ0n) is 7.53. The van der Waals surface area contributed by atoms with Crippen LogP contribution in [0.4, 0.5) is 0 Å². The standard InChI is InChI=1S/C11H12O2/c1-7-6-8-4-2-3-5-9(8)10(7)11(12)13/h2-5,7,10H,6H2,1H3,(H,12,13)/t7?,10-/m0/s1. The molecule has 1 aromatic carbocycles. The summed E-state index contributed by atoms with van der Waals surface area (Å²) in [5.41, 5.74) is 2.20. The minimum Gasteiger partial charge on any atom is -0.481 e. The van der Waals surface area contributed by atoms with Crippen LogP contribution in [-0.4, -0.2) is 11.1 Å². The van der Waals surface area contributed by atoms with E-state index in [0.717, 1.165) is 12.0 Å². The molecule has 1 aromatic rings. The number of benzene rings is 1. The van der Waals surface area contributed by atoms with Crippen molar-refractivity contribution >= 4 is 5.97 Å². The maximum Gasteiger partial charge on any atom is 0.311 e. The summed E-state index contributed by atoms with van der Waals surface area (Å²) in [5, 5.41) is 9.03. The molecular formula is C11H12O2. The fraction of sp³-hybridized carbons (Fsp3) is 0.364. The van der Waals surface area contributed by atoms with Crippen LogP contribution in [0.3, 0.4) is 0 Å². The van der Waals surface area contributed by atoms with Gasteiger partial charge in [0.25, 0.3) is 0 Å². The Labute approximate surface area is 77.2 Å². The van der Waals surface area contributed by atoms with Crippen molar-refractivity contribution < 1.29 is 9.90 Å². The largest absolute Gasteiger partial charge is 0.481 e. The molecule has 1 aliphatic rings. The van der Waals surface area contributed by atoms with E-state index < -0.39 is 5.97 Å². The van der Waals surface area contributed by atoms with Crippen molar-refractivity contribution in [2.24, 2.45) is 5.92 Å². The molecule has 1 N–H and O–H groups in total. The summed E-state index contributed by atoms with van der Waals surface area (Å²) in [4.78, 5) is 11.0. The third kappa shape index (κ3) is 1.22. The van der Waals surface area contributed by atoms with E-state index in [9.17, 15) is 4.79 Å². The highest BCUT2D eigenvalue weighted by molar-refractivity contribution is 5.78. The summed E-state index contributed by atoms with van der Waals surface area (Å²) in [5.74, 6) is -0.761. The number of fused-ring (bicyclic) bond motifs is 1. The van der Waals surface area contributed by atoms with Crippen molar-refractivity contribution in [2.45, 2.75) is 19.3 Å². The highest BCUT2D eigenvalue weighted by Gasteiger charge is 2.34. The Morgan fingerprint density at radius 2 is 2.15 bits per heavy atom. The molecule has 68 valence electrons. The fourth-order valence-electron chi connectivity index (χ4n) is 2.17. The van der Waals surface area contributed by atoms with E-state index in [1.54, 1.807) is 0 Å². The van der Waals surface area contributed by atoms with E-state index in [-0.39, 0.29) is 11.8 Å². The SMILES string of the molecule is CC1Cc2ccccc2[C@H]1C(=O)O. The summed E-state index contributed by atoms with van der Waals surface area (Å²) < 4.78 is 0. The van der Waals surface area contributed by atoms with Gasteiger partial charge in [-0.3, -0.25) is 4.79 Å². The van der Waals surface area contributed by atoms with Gasteiger partial charge in [0.1, 0.15) is 0 Å². The first-order chi connectivity index (χ1) is 6.20. The lowest BCUT2D eigenvalue weighted by atomic mass is 9.94. The molecule has 0 amide bonds. The van der Waals surface area contributed by atoms with Gasteiger partial charge in [-0.1, -0.05) is 31.2 Å². The van der Waals surface area contributed by atoms with Crippen LogP contribution in [0.5, 0.6) is 0 Å². The molecule has 0 radical (unpaired) electrons. The summed E-state index contributed by atoms with van der Waals surface area (Å²) in [6.45, 7) is 2.00. The Morgan fingerprint density at radius 3 is 2.85 bits per heavy atom. The van der Waals surface area contributed by atoms with E-state index in [2.05, 4.69) is 0 Å². The first-order valence-corrected chi connectivity index (χ1v) is 4.50. The quantitative estimate of drug-likeness (QED) is 0.711. The average Bonchev–Trinajstić information content (AvgIpc) is 2.39. The molecule has 1 unspecified atom stereocenters. The van der Waals surface area contributed by atoms with Gasteiger partial charge in [0.15, 0.2) is 0 Å². The number of aliphatic carboxylic acids is 1. The number of hydrogen-bond donors (Lipinski definition) is 1.